The van der Waals surface area contributed by atoms with Gasteiger partial charge in [0, 0.05) is 18.8 Å². The van der Waals surface area contributed by atoms with Gasteiger partial charge in [0.15, 0.2) is 4.34 Å². The van der Waals surface area contributed by atoms with Crippen LogP contribution >= 0.6 is 23.1 Å². The summed E-state index contributed by atoms with van der Waals surface area (Å²) in [6, 6.07) is 26.4. The molecule has 0 aliphatic heterocycles. The Morgan fingerprint density at radius 1 is 0.882 bits per heavy atom. The number of carbonyl (C=O) groups excluding carboxylic acids is 1. The molecule has 7 heteroatoms. The highest BCUT2D eigenvalue weighted by Crippen LogP contribution is 2.33. The number of aryl methyl sites for hydroxylation is 2. The molecule has 0 aliphatic carbocycles. The molecule has 0 spiro atoms. The number of amides is 1. The highest BCUT2D eigenvalue weighted by molar-refractivity contribution is 8.02. The maximum absolute atomic E-state index is 13.5. The van der Waals surface area contributed by atoms with Gasteiger partial charge in [-0.1, -0.05) is 102 Å². The second-order valence-electron chi connectivity index (χ2n) is 8.19. The highest BCUT2D eigenvalue weighted by Gasteiger charge is 2.24. The second-order valence-corrected chi connectivity index (χ2v) is 10.8. The predicted octanol–water partition coefficient (Wildman–Crippen LogP) is 6.61. The van der Waals surface area contributed by atoms with Crippen LogP contribution in [0.15, 0.2) is 83.2 Å². The van der Waals surface area contributed by atoms with Crippen molar-refractivity contribution in [3.8, 4) is 0 Å². The van der Waals surface area contributed by atoms with Crippen molar-refractivity contribution in [2.24, 2.45) is 0 Å². The predicted molar refractivity (Wildman–Crippen MR) is 142 cm³/mol. The summed E-state index contributed by atoms with van der Waals surface area (Å²) >= 11 is 2.92. The minimum atomic E-state index is -0.284. The van der Waals surface area contributed by atoms with Gasteiger partial charge in [-0.25, -0.2) is 0 Å². The van der Waals surface area contributed by atoms with Crippen molar-refractivity contribution in [2.45, 2.75) is 43.5 Å². The number of benzene rings is 3. The van der Waals surface area contributed by atoms with Crippen LogP contribution in [-0.2, 0) is 17.9 Å². The van der Waals surface area contributed by atoms with E-state index in [-0.39, 0.29) is 11.2 Å². The molecule has 0 aliphatic rings. The fraction of sp³-hybridized carbons (Fsp3) is 0.222. The van der Waals surface area contributed by atoms with E-state index in [4.69, 9.17) is 0 Å². The Kier molecular flexibility index (Phi) is 7.98. The molecule has 4 aromatic rings. The quantitative estimate of drug-likeness (QED) is 0.269. The van der Waals surface area contributed by atoms with E-state index in [1.165, 1.54) is 23.1 Å². The summed E-state index contributed by atoms with van der Waals surface area (Å²) in [5, 5.41) is 12.4. The monoisotopic (exact) mass is 488 g/mol. The summed E-state index contributed by atoms with van der Waals surface area (Å²) in [6.07, 6.45) is 0. The van der Waals surface area contributed by atoms with E-state index in [1.54, 1.807) is 0 Å². The minimum absolute atomic E-state index is 0.0807. The molecule has 4 rings (SSSR count). The molecule has 0 radical (unpaired) electrons. The fourth-order valence-corrected chi connectivity index (χ4v) is 5.69. The third-order valence-electron chi connectivity index (χ3n) is 5.49. The molecule has 1 atom stereocenters. The normalized spacial score (nSPS) is 11.7. The lowest BCUT2D eigenvalue weighted by Crippen LogP contribution is -2.35. The van der Waals surface area contributed by atoms with E-state index in [1.807, 2.05) is 54.3 Å². The van der Waals surface area contributed by atoms with Crippen LogP contribution in [0.3, 0.4) is 0 Å². The fourth-order valence-electron chi connectivity index (χ4n) is 3.70. The molecular weight excluding hydrogens is 460 g/mol. The van der Waals surface area contributed by atoms with Gasteiger partial charge >= 0.3 is 0 Å². The van der Waals surface area contributed by atoms with Crippen LogP contribution in [0.1, 0.15) is 29.2 Å². The lowest BCUT2D eigenvalue weighted by molar-refractivity contribution is -0.131. The third-order valence-corrected chi connectivity index (χ3v) is 7.50. The van der Waals surface area contributed by atoms with Gasteiger partial charge in [-0.2, -0.15) is 0 Å². The van der Waals surface area contributed by atoms with Crippen LogP contribution < -0.4 is 5.32 Å². The number of para-hydroxylation sites is 1. The van der Waals surface area contributed by atoms with Crippen molar-refractivity contribution >= 4 is 39.8 Å². The maximum Gasteiger partial charge on any atom is 0.236 e. The standard InChI is InChI=1S/C27H28N4OS2/c1-19-11-10-12-20(2)24(19)28-26-29-30-27(34-26)33-21(3)25(32)31(17-22-13-6-4-7-14-22)18-23-15-8-5-9-16-23/h4-16,21H,17-18H2,1-3H3,(H,28,29)/t21-/m1/s1. The van der Waals surface area contributed by atoms with Gasteiger partial charge in [0.25, 0.3) is 0 Å². The molecular formula is C27H28N4OS2. The molecule has 0 bridgehead atoms. The Bertz CT molecular complexity index is 1170. The molecule has 0 unspecified atom stereocenters. The molecule has 1 aromatic heterocycles. The van der Waals surface area contributed by atoms with Crippen LogP contribution in [0.5, 0.6) is 0 Å². The number of nitrogens with one attached hydrogen (secondary N) is 1. The number of hydrogen-bond donors (Lipinski definition) is 1. The Morgan fingerprint density at radius 2 is 1.44 bits per heavy atom. The van der Waals surface area contributed by atoms with Crippen molar-refractivity contribution in [3.63, 3.8) is 0 Å². The van der Waals surface area contributed by atoms with Gasteiger partial charge in [0.1, 0.15) is 0 Å². The van der Waals surface area contributed by atoms with Crippen LogP contribution in [0.2, 0.25) is 0 Å². The Labute approximate surface area is 209 Å². The summed E-state index contributed by atoms with van der Waals surface area (Å²) in [7, 11) is 0. The van der Waals surface area contributed by atoms with Crippen LogP contribution in [0.25, 0.3) is 0 Å². The number of nitrogens with zero attached hydrogens (tertiary/aromatic N) is 3. The first-order valence-electron chi connectivity index (χ1n) is 11.2. The molecule has 0 saturated heterocycles. The molecule has 0 saturated carbocycles. The van der Waals surface area contributed by atoms with Crippen LogP contribution in [-0.4, -0.2) is 26.3 Å². The van der Waals surface area contributed by atoms with Gasteiger partial charge in [-0.15, -0.1) is 10.2 Å². The maximum atomic E-state index is 13.5. The summed E-state index contributed by atoms with van der Waals surface area (Å²) < 4.78 is 0.772. The number of thioether (sulfide) groups is 1. The third kappa shape index (κ3) is 6.24. The second kappa shape index (κ2) is 11.3. The molecule has 1 N–H and O–H groups in total. The molecule has 34 heavy (non-hydrogen) atoms. The number of carbonyl (C=O) groups is 1. The van der Waals surface area contributed by atoms with Crippen molar-refractivity contribution < 1.29 is 4.79 Å². The zero-order chi connectivity index (χ0) is 23.9. The first-order chi connectivity index (χ1) is 16.5. The molecule has 3 aromatic carbocycles. The summed E-state index contributed by atoms with van der Waals surface area (Å²) in [5.74, 6) is 0.0807. The topological polar surface area (TPSA) is 58.1 Å². The molecule has 0 fully saturated rings. The molecule has 174 valence electrons. The van der Waals surface area contributed by atoms with Gasteiger partial charge in [0.05, 0.1) is 5.25 Å². The lowest BCUT2D eigenvalue weighted by Gasteiger charge is -2.25. The zero-order valence-electron chi connectivity index (χ0n) is 19.6. The van der Waals surface area contributed by atoms with E-state index >= 15 is 0 Å². The van der Waals surface area contributed by atoms with E-state index in [9.17, 15) is 4.79 Å². The van der Waals surface area contributed by atoms with Crippen LogP contribution in [0, 0.1) is 13.8 Å². The van der Waals surface area contributed by atoms with Gasteiger partial charge in [-0.3, -0.25) is 4.79 Å². The minimum Gasteiger partial charge on any atom is -0.333 e. The summed E-state index contributed by atoms with van der Waals surface area (Å²) in [4.78, 5) is 15.4. The Morgan fingerprint density at radius 3 is 2.00 bits per heavy atom. The largest absolute Gasteiger partial charge is 0.333 e. The smallest absolute Gasteiger partial charge is 0.236 e. The SMILES string of the molecule is Cc1cccc(C)c1Nc1nnc(S[C@H](C)C(=O)N(Cc2ccccc2)Cc2ccccc2)s1. The highest BCUT2D eigenvalue weighted by atomic mass is 32.2. The molecule has 1 amide bonds. The van der Waals surface area contributed by atoms with Gasteiger partial charge in [0.2, 0.25) is 11.0 Å². The van der Waals surface area contributed by atoms with Gasteiger partial charge < -0.3 is 10.2 Å². The van der Waals surface area contributed by atoms with Crippen molar-refractivity contribution in [1.82, 2.24) is 15.1 Å². The number of hydrogen-bond acceptors (Lipinski definition) is 6. The van der Waals surface area contributed by atoms with Crippen molar-refractivity contribution in [3.05, 3.63) is 101 Å². The van der Waals surface area contributed by atoms with E-state index < -0.39 is 0 Å². The average molecular weight is 489 g/mol. The summed E-state index contributed by atoms with van der Waals surface area (Å²) in [5.41, 5.74) is 5.59. The number of aromatic nitrogens is 2. The van der Waals surface area contributed by atoms with Crippen LogP contribution in [0.4, 0.5) is 10.8 Å². The van der Waals surface area contributed by atoms with Gasteiger partial charge in [-0.05, 0) is 43.0 Å². The van der Waals surface area contributed by atoms with Crippen molar-refractivity contribution in [1.29, 1.82) is 0 Å². The Balaban J connectivity index is 1.45. The summed E-state index contributed by atoms with van der Waals surface area (Å²) in [6.45, 7) is 7.21. The van der Waals surface area contributed by atoms with Crippen molar-refractivity contribution in [2.75, 3.05) is 5.32 Å². The first kappa shape index (κ1) is 24.0. The average Bonchev–Trinajstić information content (AvgIpc) is 3.29. The number of anilines is 2. The van der Waals surface area contributed by atoms with E-state index in [2.05, 4.69) is 65.8 Å². The number of rotatable bonds is 9. The molecule has 1 heterocycles. The van der Waals surface area contributed by atoms with E-state index in [0.29, 0.717) is 13.1 Å². The molecule has 5 nitrogen and oxygen atoms in total. The Hall–Kier alpha value is -3.16. The van der Waals surface area contributed by atoms with E-state index in [0.717, 1.165) is 37.4 Å². The zero-order valence-corrected chi connectivity index (χ0v) is 21.2. The lowest BCUT2D eigenvalue weighted by atomic mass is 10.1. The first-order valence-corrected chi connectivity index (χ1v) is 12.9.